The molecular formula is C16H27NO5. The van der Waals surface area contributed by atoms with Crippen molar-refractivity contribution in [1.29, 1.82) is 0 Å². The van der Waals surface area contributed by atoms with Crippen LogP contribution < -0.4 is 0 Å². The van der Waals surface area contributed by atoms with Gasteiger partial charge in [-0.1, -0.05) is 19.8 Å². The van der Waals surface area contributed by atoms with Gasteiger partial charge in [0.1, 0.15) is 0 Å². The molecular weight excluding hydrogens is 286 g/mol. The van der Waals surface area contributed by atoms with E-state index in [-0.39, 0.29) is 11.8 Å². The average Bonchev–Trinajstić information content (AvgIpc) is 2.83. The van der Waals surface area contributed by atoms with Gasteiger partial charge in [-0.3, -0.25) is 14.5 Å². The molecule has 1 aliphatic heterocycles. The van der Waals surface area contributed by atoms with Crippen LogP contribution in [0.4, 0.5) is 0 Å². The van der Waals surface area contributed by atoms with Gasteiger partial charge in [0.2, 0.25) is 0 Å². The molecule has 0 unspecified atom stereocenters. The Kier molecular flexibility index (Phi) is 10.5. The van der Waals surface area contributed by atoms with Crippen molar-refractivity contribution in [2.24, 2.45) is 0 Å². The van der Waals surface area contributed by atoms with Gasteiger partial charge >= 0.3 is 0 Å². The molecule has 0 saturated heterocycles. The molecule has 0 atom stereocenters. The third-order valence-electron chi connectivity index (χ3n) is 3.21. The molecule has 0 radical (unpaired) electrons. The summed E-state index contributed by atoms with van der Waals surface area (Å²) in [6.07, 6.45) is 6.74. The van der Waals surface area contributed by atoms with E-state index >= 15 is 0 Å². The number of amides is 2. The minimum Gasteiger partial charge on any atom is -0.379 e. The van der Waals surface area contributed by atoms with Gasteiger partial charge in [0, 0.05) is 31.9 Å². The Morgan fingerprint density at radius 3 is 1.82 bits per heavy atom. The second-order valence-electron chi connectivity index (χ2n) is 5.06. The Bertz CT molecular complexity index is 338. The molecule has 0 spiro atoms. The Hall–Kier alpha value is -1.24. The maximum absolute atomic E-state index is 11.3. The van der Waals surface area contributed by atoms with E-state index in [0.29, 0.717) is 46.0 Å². The van der Waals surface area contributed by atoms with E-state index in [9.17, 15) is 9.59 Å². The first-order valence-electron chi connectivity index (χ1n) is 8.02. The van der Waals surface area contributed by atoms with Crippen LogP contribution in [0.15, 0.2) is 12.2 Å². The number of imide groups is 1. The summed E-state index contributed by atoms with van der Waals surface area (Å²) in [7, 11) is 0. The fraction of sp³-hybridized carbons (Fsp3) is 0.750. The summed E-state index contributed by atoms with van der Waals surface area (Å²) in [6, 6.07) is 0. The summed E-state index contributed by atoms with van der Waals surface area (Å²) >= 11 is 0. The molecule has 1 aliphatic rings. The van der Waals surface area contributed by atoms with E-state index in [1.165, 1.54) is 29.9 Å². The van der Waals surface area contributed by atoms with Crippen LogP contribution in [0, 0.1) is 0 Å². The lowest BCUT2D eigenvalue weighted by Crippen LogP contribution is -2.31. The predicted molar refractivity (Wildman–Crippen MR) is 82.5 cm³/mol. The van der Waals surface area contributed by atoms with Crippen molar-refractivity contribution in [2.45, 2.75) is 32.6 Å². The lowest BCUT2D eigenvalue weighted by atomic mass is 10.3. The van der Waals surface area contributed by atoms with E-state index in [2.05, 4.69) is 6.92 Å². The molecule has 126 valence electrons. The van der Waals surface area contributed by atoms with Gasteiger partial charge in [0.25, 0.3) is 11.8 Å². The van der Waals surface area contributed by atoms with Crippen molar-refractivity contribution in [2.75, 3.05) is 46.2 Å². The van der Waals surface area contributed by atoms with Gasteiger partial charge in [0.05, 0.1) is 26.4 Å². The highest BCUT2D eigenvalue weighted by molar-refractivity contribution is 6.12. The van der Waals surface area contributed by atoms with Crippen LogP contribution in [0.2, 0.25) is 0 Å². The van der Waals surface area contributed by atoms with Gasteiger partial charge in [-0.2, -0.15) is 0 Å². The van der Waals surface area contributed by atoms with Crippen molar-refractivity contribution in [3.8, 4) is 0 Å². The maximum atomic E-state index is 11.3. The summed E-state index contributed by atoms with van der Waals surface area (Å²) in [5.41, 5.74) is 0. The maximum Gasteiger partial charge on any atom is 0.253 e. The highest BCUT2D eigenvalue weighted by Crippen LogP contribution is 2.04. The van der Waals surface area contributed by atoms with E-state index < -0.39 is 0 Å². The molecule has 0 aromatic rings. The van der Waals surface area contributed by atoms with Crippen LogP contribution in [0.25, 0.3) is 0 Å². The normalized spacial score (nSPS) is 14.3. The molecule has 6 heteroatoms. The van der Waals surface area contributed by atoms with Crippen molar-refractivity contribution in [1.82, 2.24) is 4.90 Å². The standard InChI is InChI=1S/C16H27NO5/c1-2-3-4-9-20-11-13-22-14-12-21-10-5-8-17-15(18)6-7-16(17)19/h6-7H,2-5,8-14H2,1H3. The number of carbonyl (C=O) groups is 2. The highest BCUT2D eigenvalue weighted by Gasteiger charge is 2.22. The summed E-state index contributed by atoms with van der Waals surface area (Å²) in [5.74, 6) is -0.487. The van der Waals surface area contributed by atoms with Crippen LogP contribution >= 0.6 is 0 Å². The lowest BCUT2D eigenvalue weighted by Gasteiger charge is -2.13. The van der Waals surface area contributed by atoms with Crippen molar-refractivity contribution in [3.05, 3.63) is 12.2 Å². The first-order valence-corrected chi connectivity index (χ1v) is 8.02. The quantitative estimate of drug-likeness (QED) is 0.359. The van der Waals surface area contributed by atoms with E-state index in [4.69, 9.17) is 14.2 Å². The topological polar surface area (TPSA) is 65.1 Å². The first-order chi connectivity index (χ1) is 10.8. The minimum absolute atomic E-state index is 0.243. The average molecular weight is 313 g/mol. The molecule has 0 fully saturated rings. The second-order valence-corrected chi connectivity index (χ2v) is 5.06. The van der Waals surface area contributed by atoms with Gasteiger partial charge in [-0.05, 0) is 12.8 Å². The van der Waals surface area contributed by atoms with Crippen molar-refractivity contribution in [3.63, 3.8) is 0 Å². The molecule has 0 aliphatic carbocycles. The highest BCUT2D eigenvalue weighted by atomic mass is 16.5. The fourth-order valence-corrected chi connectivity index (χ4v) is 1.97. The molecule has 0 saturated carbocycles. The molecule has 0 bridgehead atoms. The second kappa shape index (κ2) is 12.3. The summed E-state index contributed by atoms with van der Waals surface area (Å²) in [6.45, 7) is 6.12. The zero-order valence-electron chi connectivity index (χ0n) is 13.4. The smallest absolute Gasteiger partial charge is 0.253 e. The number of unbranched alkanes of at least 4 members (excludes halogenated alkanes) is 2. The van der Waals surface area contributed by atoms with Crippen LogP contribution in [0.5, 0.6) is 0 Å². The minimum atomic E-state index is -0.243. The van der Waals surface area contributed by atoms with E-state index in [1.54, 1.807) is 0 Å². The zero-order chi connectivity index (χ0) is 16.0. The Morgan fingerprint density at radius 1 is 0.773 bits per heavy atom. The van der Waals surface area contributed by atoms with Crippen LogP contribution in [0.3, 0.4) is 0 Å². The van der Waals surface area contributed by atoms with Crippen LogP contribution in [-0.2, 0) is 23.8 Å². The Morgan fingerprint density at radius 2 is 1.27 bits per heavy atom. The van der Waals surface area contributed by atoms with E-state index in [0.717, 1.165) is 13.0 Å². The molecule has 22 heavy (non-hydrogen) atoms. The number of hydrogen-bond donors (Lipinski definition) is 0. The largest absolute Gasteiger partial charge is 0.379 e. The number of rotatable bonds is 14. The van der Waals surface area contributed by atoms with E-state index in [1.807, 2.05) is 0 Å². The van der Waals surface area contributed by atoms with Crippen LogP contribution in [-0.4, -0.2) is 62.9 Å². The summed E-state index contributed by atoms with van der Waals surface area (Å²) in [5, 5.41) is 0. The number of ether oxygens (including phenoxy) is 3. The number of nitrogens with zero attached hydrogens (tertiary/aromatic N) is 1. The molecule has 6 nitrogen and oxygen atoms in total. The molecule has 0 aromatic carbocycles. The van der Waals surface area contributed by atoms with Crippen LogP contribution in [0.1, 0.15) is 32.6 Å². The van der Waals surface area contributed by atoms with Crippen molar-refractivity contribution >= 4 is 11.8 Å². The van der Waals surface area contributed by atoms with Gasteiger partial charge in [-0.25, -0.2) is 0 Å². The lowest BCUT2D eigenvalue weighted by molar-refractivity contribution is -0.137. The summed E-state index contributed by atoms with van der Waals surface area (Å²) in [4.78, 5) is 23.8. The fourth-order valence-electron chi connectivity index (χ4n) is 1.97. The summed E-state index contributed by atoms with van der Waals surface area (Å²) < 4.78 is 16.2. The molecule has 0 aromatic heterocycles. The number of hydrogen-bond acceptors (Lipinski definition) is 5. The van der Waals surface area contributed by atoms with Crippen molar-refractivity contribution < 1.29 is 23.8 Å². The molecule has 1 heterocycles. The molecule has 2 amide bonds. The third-order valence-corrected chi connectivity index (χ3v) is 3.21. The zero-order valence-corrected chi connectivity index (χ0v) is 13.4. The predicted octanol–water partition coefficient (Wildman–Crippen LogP) is 1.54. The Balaban J connectivity index is 1.79. The Labute approximate surface area is 132 Å². The van der Waals surface area contributed by atoms with Gasteiger partial charge in [0.15, 0.2) is 0 Å². The molecule has 1 rings (SSSR count). The van der Waals surface area contributed by atoms with Gasteiger partial charge < -0.3 is 14.2 Å². The molecule has 0 N–H and O–H groups in total. The monoisotopic (exact) mass is 313 g/mol. The SMILES string of the molecule is CCCCCOCCOCCOCCCN1C(=O)C=CC1=O. The van der Waals surface area contributed by atoms with Gasteiger partial charge in [-0.15, -0.1) is 0 Å². The number of carbonyl (C=O) groups excluding carboxylic acids is 2. The first kappa shape index (κ1) is 18.8. The third kappa shape index (κ3) is 8.26.